The van der Waals surface area contributed by atoms with Gasteiger partial charge in [-0.1, -0.05) is 13.8 Å². The predicted molar refractivity (Wildman–Crippen MR) is 81.3 cm³/mol. The highest BCUT2D eigenvalue weighted by Crippen LogP contribution is 2.27. The van der Waals surface area contributed by atoms with Crippen molar-refractivity contribution in [2.24, 2.45) is 5.92 Å². The quantitative estimate of drug-likeness (QED) is 0.818. The molecule has 2 N–H and O–H groups in total. The number of nitrogens with two attached hydrogens (primary N) is 1. The summed E-state index contributed by atoms with van der Waals surface area (Å²) in [6, 6.07) is 4.53. The van der Waals surface area contributed by atoms with Crippen LogP contribution in [0.1, 0.15) is 27.2 Å². The number of nitrogens with zero attached hydrogens (tertiary/aromatic N) is 1. The first kappa shape index (κ1) is 16.8. The summed E-state index contributed by atoms with van der Waals surface area (Å²) in [5.74, 6) is 0.968. The second-order valence-electron chi connectivity index (χ2n) is 5.40. The molecule has 0 heterocycles. The molecule has 0 bridgehead atoms. The van der Waals surface area contributed by atoms with Gasteiger partial charge < -0.3 is 10.5 Å². The summed E-state index contributed by atoms with van der Waals surface area (Å²) in [5.41, 5.74) is 6.04. The zero-order valence-electron chi connectivity index (χ0n) is 12.8. The summed E-state index contributed by atoms with van der Waals surface area (Å²) < 4.78 is 31.6. The average molecular weight is 300 g/mol. The highest BCUT2D eigenvalue weighted by atomic mass is 32.2. The van der Waals surface area contributed by atoms with Crippen LogP contribution in [0.5, 0.6) is 5.75 Å². The molecule has 1 aromatic rings. The highest BCUT2D eigenvalue weighted by molar-refractivity contribution is 7.89. The van der Waals surface area contributed by atoms with Gasteiger partial charge in [0.05, 0.1) is 12.8 Å². The fourth-order valence-corrected chi connectivity index (χ4v) is 3.58. The minimum atomic E-state index is -3.59. The Hall–Kier alpha value is -1.27. The van der Waals surface area contributed by atoms with Gasteiger partial charge in [0.25, 0.3) is 0 Å². The molecule has 1 unspecified atom stereocenters. The first-order valence-electron chi connectivity index (χ1n) is 6.61. The smallest absolute Gasteiger partial charge is 0.245 e. The summed E-state index contributed by atoms with van der Waals surface area (Å²) in [4.78, 5) is 0.122. The summed E-state index contributed by atoms with van der Waals surface area (Å²) in [6.07, 6.45) is 0.797. The monoisotopic (exact) mass is 300 g/mol. The van der Waals surface area contributed by atoms with Crippen molar-refractivity contribution in [1.29, 1.82) is 0 Å². The molecule has 5 nitrogen and oxygen atoms in total. The number of ether oxygens (including phenoxy) is 1. The maximum Gasteiger partial charge on any atom is 0.245 e. The van der Waals surface area contributed by atoms with Gasteiger partial charge in [0, 0.05) is 19.2 Å². The van der Waals surface area contributed by atoms with Crippen molar-refractivity contribution in [2.75, 3.05) is 19.9 Å². The van der Waals surface area contributed by atoms with Crippen LogP contribution >= 0.6 is 0 Å². The summed E-state index contributed by atoms with van der Waals surface area (Å²) in [6.45, 7) is 6.04. The van der Waals surface area contributed by atoms with E-state index < -0.39 is 10.0 Å². The van der Waals surface area contributed by atoms with Gasteiger partial charge in [-0.3, -0.25) is 0 Å². The maximum atomic E-state index is 12.6. The number of hydrogen-bond acceptors (Lipinski definition) is 4. The van der Waals surface area contributed by atoms with Crippen molar-refractivity contribution in [1.82, 2.24) is 4.31 Å². The molecule has 0 aliphatic rings. The normalized spacial score (nSPS) is 13.8. The van der Waals surface area contributed by atoms with Gasteiger partial charge in [0.2, 0.25) is 10.0 Å². The number of rotatable bonds is 6. The average Bonchev–Trinajstić information content (AvgIpc) is 2.36. The molecule has 20 heavy (non-hydrogen) atoms. The van der Waals surface area contributed by atoms with Gasteiger partial charge >= 0.3 is 0 Å². The maximum absolute atomic E-state index is 12.6. The van der Waals surface area contributed by atoms with Crippen LogP contribution in [-0.2, 0) is 10.0 Å². The Kier molecular flexibility index (Phi) is 5.42. The first-order chi connectivity index (χ1) is 9.20. The number of nitrogen functional groups attached to an aromatic ring is 1. The van der Waals surface area contributed by atoms with Crippen molar-refractivity contribution in [3.63, 3.8) is 0 Å². The molecule has 0 saturated carbocycles. The second-order valence-corrected chi connectivity index (χ2v) is 7.37. The lowest BCUT2D eigenvalue weighted by Crippen LogP contribution is -2.36. The third kappa shape index (κ3) is 3.64. The van der Waals surface area contributed by atoms with E-state index in [4.69, 9.17) is 10.5 Å². The summed E-state index contributed by atoms with van der Waals surface area (Å²) in [5, 5.41) is 0. The number of methoxy groups -OCH3 is 1. The van der Waals surface area contributed by atoms with Gasteiger partial charge in [-0.05, 0) is 31.4 Å². The SMILES string of the molecule is COc1ccc(S(=O)(=O)N(C)C(C)CC(C)C)c(N)c1. The van der Waals surface area contributed by atoms with E-state index in [-0.39, 0.29) is 16.6 Å². The fourth-order valence-electron chi connectivity index (χ4n) is 2.11. The molecule has 1 rings (SSSR count). The topological polar surface area (TPSA) is 72.6 Å². The van der Waals surface area contributed by atoms with Crippen LogP contribution < -0.4 is 10.5 Å². The van der Waals surface area contributed by atoms with Crippen molar-refractivity contribution in [3.05, 3.63) is 18.2 Å². The lowest BCUT2D eigenvalue weighted by atomic mass is 10.1. The largest absolute Gasteiger partial charge is 0.497 e. The Balaban J connectivity index is 3.10. The number of hydrogen-bond donors (Lipinski definition) is 1. The molecule has 0 amide bonds. The van der Waals surface area contributed by atoms with Gasteiger partial charge in [-0.15, -0.1) is 0 Å². The zero-order valence-corrected chi connectivity index (χ0v) is 13.6. The van der Waals surface area contributed by atoms with Crippen molar-refractivity contribution >= 4 is 15.7 Å². The van der Waals surface area contributed by atoms with E-state index in [1.165, 1.54) is 23.5 Å². The van der Waals surface area contributed by atoms with E-state index in [0.717, 1.165) is 6.42 Å². The minimum Gasteiger partial charge on any atom is -0.497 e. The number of anilines is 1. The molecule has 1 aromatic carbocycles. The number of benzene rings is 1. The zero-order chi connectivity index (χ0) is 15.5. The van der Waals surface area contributed by atoms with Crippen LogP contribution in [0, 0.1) is 5.92 Å². The first-order valence-corrected chi connectivity index (χ1v) is 8.05. The van der Waals surface area contributed by atoms with E-state index in [0.29, 0.717) is 11.7 Å². The van der Waals surface area contributed by atoms with E-state index in [2.05, 4.69) is 13.8 Å². The summed E-state index contributed by atoms with van der Waals surface area (Å²) in [7, 11) is -0.484. The Morgan fingerprint density at radius 3 is 2.35 bits per heavy atom. The van der Waals surface area contributed by atoms with Gasteiger partial charge in [0.1, 0.15) is 10.6 Å². The molecule has 0 saturated heterocycles. The van der Waals surface area contributed by atoms with Gasteiger partial charge in [-0.2, -0.15) is 4.31 Å². The molecule has 114 valence electrons. The van der Waals surface area contributed by atoms with Crippen LogP contribution in [0.3, 0.4) is 0 Å². The Labute approximate surface area is 121 Å². The van der Waals surface area contributed by atoms with E-state index in [1.54, 1.807) is 13.1 Å². The molecule has 0 aliphatic carbocycles. The van der Waals surface area contributed by atoms with Crippen LogP contribution in [0.25, 0.3) is 0 Å². The standard InChI is InChI=1S/C14H24N2O3S/c1-10(2)8-11(3)16(4)20(17,18)14-7-6-12(19-5)9-13(14)15/h6-7,9-11H,8,15H2,1-5H3. The fraction of sp³-hybridized carbons (Fsp3) is 0.571. The van der Waals surface area contributed by atoms with Crippen molar-refractivity contribution < 1.29 is 13.2 Å². The van der Waals surface area contributed by atoms with Crippen molar-refractivity contribution in [3.8, 4) is 5.75 Å². The van der Waals surface area contributed by atoms with Crippen LogP contribution in [-0.4, -0.2) is 32.9 Å². The summed E-state index contributed by atoms with van der Waals surface area (Å²) >= 11 is 0. The van der Waals surface area contributed by atoms with Crippen LogP contribution in [0.2, 0.25) is 0 Å². The Morgan fingerprint density at radius 2 is 1.90 bits per heavy atom. The van der Waals surface area contributed by atoms with E-state index in [9.17, 15) is 8.42 Å². The van der Waals surface area contributed by atoms with E-state index in [1.807, 2.05) is 6.92 Å². The van der Waals surface area contributed by atoms with E-state index >= 15 is 0 Å². The number of sulfonamides is 1. The molecule has 0 aliphatic heterocycles. The molecule has 1 atom stereocenters. The third-order valence-electron chi connectivity index (χ3n) is 3.31. The van der Waals surface area contributed by atoms with Crippen LogP contribution in [0.15, 0.2) is 23.1 Å². The van der Waals surface area contributed by atoms with Crippen molar-refractivity contribution in [2.45, 2.75) is 38.1 Å². The molecule has 0 aromatic heterocycles. The highest BCUT2D eigenvalue weighted by Gasteiger charge is 2.27. The van der Waals surface area contributed by atoms with Gasteiger partial charge in [-0.25, -0.2) is 8.42 Å². The Morgan fingerprint density at radius 1 is 1.30 bits per heavy atom. The molecule has 0 fully saturated rings. The molecule has 6 heteroatoms. The molecular weight excluding hydrogens is 276 g/mol. The minimum absolute atomic E-state index is 0.0819. The lowest BCUT2D eigenvalue weighted by molar-refractivity contribution is 0.338. The van der Waals surface area contributed by atoms with Crippen LogP contribution in [0.4, 0.5) is 5.69 Å². The third-order valence-corrected chi connectivity index (χ3v) is 5.35. The lowest BCUT2D eigenvalue weighted by Gasteiger charge is -2.26. The molecular formula is C14H24N2O3S. The Bertz CT molecular complexity index is 556. The predicted octanol–water partition coefficient (Wildman–Crippen LogP) is 2.33. The van der Waals surface area contributed by atoms with Gasteiger partial charge in [0.15, 0.2) is 0 Å². The second kappa shape index (κ2) is 6.45. The molecule has 0 spiro atoms. The molecule has 0 radical (unpaired) electrons.